The van der Waals surface area contributed by atoms with Gasteiger partial charge in [-0.25, -0.2) is 9.97 Å². The summed E-state index contributed by atoms with van der Waals surface area (Å²) in [6, 6.07) is 0. The molecule has 1 amide bonds. The quantitative estimate of drug-likeness (QED) is 0.920. The van der Waals surface area contributed by atoms with Crippen molar-refractivity contribution in [2.75, 3.05) is 5.32 Å². The van der Waals surface area contributed by atoms with Gasteiger partial charge in [-0.1, -0.05) is 11.3 Å². The highest BCUT2D eigenvalue weighted by Gasteiger charge is 2.27. The topological polar surface area (TPSA) is 76.9 Å². The van der Waals surface area contributed by atoms with E-state index in [1.807, 2.05) is 12.5 Å². The van der Waals surface area contributed by atoms with Crippen molar-refractivity contribution >= 4 is 28.2 Å². The van der Waals surface area contributed by atoms with Crippen LogP contribution in [0, 0.1) is 5.92 Å². The number of thiazole rings is 1. The molecule has 0 unspecified atom stereocenters. The Hall–Kier alpha value is -2.02. The summed E-state index contributed by atoms with van der Waals surface area (Å²) in [5.74, 6) is 0.0904. The molecule has 2 aromatic rings. The standard InChI is InChI=1S/C15H16N4O2S/c20-12-3-1-2-11-13(12)22-15(17-11)18-14(21)9-4-5-19-8-16-7-10(19)6-9/h7-9H,1-6H2,(H,17,18,21)/t9-/m0/s1. The largest absolute Gasteiger partial charge is 0.335 e. The summed E-state index contributed by atoms with van der Waals surface area (Å²) in [7, 11) is 0. The predicted molar refractivity (Wildman–Crippen MR) is 82.1 cm³/mol. The van der Waals surface area contributed by atoms with E-state index in [0.29, 0.717) is 18.0 Å². The van der Waals surface area contributed by atoms with Crippen molar-refractivity contribution in [2.45, 2.75) is 38.6 Å². The predicted octanol–water partition coefficient (Wildman–Crippen LogP) is 2.06. The molecular formula is C15H16N4O2S. The molecule has 3 heterocycles. The van der Waals surface area contributed by atoms with Gasteiger partial charge in [-0.15, -0.1) is 0 Å². The number of anilines is 1. The molecule has 2 aromatic heterocycles. The lowest BCUT2D eigenvalue weighted by molar-refractivity contribution is -0.120. The summed E-state index contributed by atoms with van der Waals surface area (Å²) in [5, 5.41) is 3.46. The van der Waals surface area contributed by atoms with Crippen molar-refractivity contribution < 1.29 is 9.59 Å². The first-order chi connectivity index (χ1) is 10.7. The number of rotatable bonds is 2. The zero-order chi connectivity index (χ0) is 15.1. The van der Waals surface area contributed by atoms with Crippen LogP contribution in [0.2, 0.25) is 0 Å². The molecule has 22 heavy (non-hydrogen) atoms. The van der Waals surface area contributed by atoms with E-state index in [1.54, 1.807) is 0 Å². The van der Waals surface area contributed by atoms with Crippen LogP contribution in [0.25, 0.3) is 0 Å². The highest BCUT2D eigenvalue weighted by atomic mass is 32.1. The number of fused-ring (bicyclic) bond motifs is 2. The van der Waals surface area contributed by atoms with E-state index in [2.05, 4.69) is 19.9 Å². The fourth-order valence-corrected chi connectivity index (χ4v) is 4.10. The van der Waals surface area contributed by atoms with Crippen molar-refractivity contribution in [2.24, 2.45) is 5.92 Å². The third-order valence-electron chi connectivity index (χ3n) is 4.34. The Kier molecular flexibility index (Phi) is 3.29. The number of carbonyl (C=O) groups is 2. The second kappa shape index (κ2) is 5.31. The lowest BCUT2D eigenvalue weighted by Crippen LogP contribution is -2.29. The lowest BCUT2D eigenvalue weighted by Gasteiger charge is -2.22. The van der Waals surface area contributed by atoms with E-state index < -0.39 is 0 Å². The van der Waals surface area contributed by atoms with Gasteiger partial charge >= 0.3 is 0 Å². The van der Waals surface area contributed by atoms with Crippen LogP contribution in [-0.4, -0.2) is 26.2 Å². The van der Waals surface area contributed by atoms with Gasteiger partial charge in [-0.3, -0.25) is 9.59 Å². The van der Waals surface area contributed by atoms with Gasteiger partial charge in [0.15, 0.2) is 10.9 Å². The van der Waals surface area contributed by atoms with Crippen LogP contribution in [0.15, 0.2) is 12.5 Å². The van der Waals surface area contributed by atoms with Crippen LogP contribution < -0.4 is 5.32 Å². The van der Waals surface area contributed by atoms with E-state index in [-0.39, 0.29) is 17.6 Å². The van der Waals surface area contributed by atoms with Crippen molar-refractivity contribution in [3.8, 4) is 0 Å². The van der Waals surface area contributed by atoms with Gasteiger partial charge in [-0.2, -0.15) is 0 Å². The third-order valence-corrected chi connectivity index (χ3v) is 5.40. The molecule has 0 fully saturated rings. The lowest BCUT2D eigenvalue weighted by atomic mass is 9.95. The number of amides is 1. The minimum Gasteiger partial charge on any atom is -0.335 e. The maximum absolute atomic E-state index is 12.4. The number of ketones is 1. The van der Waals surface area contributed by atoms with Gasteiger partial charge in [0.1, 0.15) is 0 Å². The first-order valence-electron chi connectivity index (χ1n) is 7.53. The summed E-state index contributed by atoms with van der Waals surface area (Å²) in [6.45, 7) is 0.820. The van der Waals surface area contributed by atoms with Crippen LogP contribution in [0.1, 0.15) is 40.3 Å². The molecule has 114 valence electrons. The number of nitrogens with zero attached hydrogens (tertiary/aromatic N) is 3. The van der Waals surface area contributed by atoms with E-state index in [1.165, 1.54) is 11.3 Å². The van der Waals surface area contributed by atoms with E-state index in [9.17, 15) is 9.59 Å². The minimum absolute atomic E-state index is 0.00834. The molecule has 0 saturated heterocycles. The number of aryl methyl sites for hydroxylation is 2. The normalized spacial score (nSPS) is 20.4. The molecule has 1 aliphatic heterocycles. The zero-order valence-electron chi connectivity index (χ0n) is 12.0. The number of nitrogens with one attached hydrogen (secondary N) is 1. The van der Waals surface area contributed by atoms with Crippen molar-refractivity contribution in [3.63, 3.8) is 0 Å². The number of imidazole rings is 1. The van der Waals surface area contributed by atoms with Crippen molar-refractivity contribution in [1.82, 2.24) is 14.5 Å². The summed E-state index contributed by atoms with van der Waals surface area (Å²) in [4.78, 5) is 33.5. The summed E-state index contributed by atoms with van der Waals surface area (Å²) in [6.07, 6.45) is 7.42. The van der Waals surface area contributed by atoms with Gasteiger partial charge in [0.25, 0.3) is 0 Å². The molecule has 4 rings (SSSR count). The molecule has 1 N–H and O–H groups in total. The Labute approximate surface area is 131 Å². The van der Waals surface area contributed by atoms with E-state index in [0.717, 1.165) is 42.1 Å². The van der Waals surface area contributed by atoms with Crippen molar-refractivity contribution in [3.05, 3.63) is 28.8 Å². The zero-order valence-corrected chi connectivity index (χ0v) is 12.9. The number of hydrogen-bond donors (Lipinski definition) is 1. The number of Topliss-reactive ketones (excluding diaryl/α,β-unsaturated/α-hetero) is 1. The SMILES string of the molecule is O=C1CCCc2nc(NC(=O)[C@H]3CCn4cncc4C3)sc21. The number of hydrogen-bond acceptors (Lipinski definition) is 5. The maximum atomic E-state index is 12.4. The average Bonchev–Trinajstić information content (AvgIpc) is 3.13. The van der Waals surface area contributed by atoms with Gasteiger partial charge < -0.3 is 9.88 Å². The third kappa shape index (κ3) is 2.35. The summed E-state index contributed by atoms with van der Waals surface area (Å²) >= 11 is 1.31. The maximum Gasteiger partial charge on any atom is 0.229 e. The Morgan fingerprint density at radius 2 is 2.32 bits per heavy atom. The van der Waals surface area contributed by atoms with Gasteiger partial charge in [0.2, 0.25) is 5.91 Å². The number of aromatic nitrogens is 3. The minimum atomic E-state index is -0.0548. The van der Waals surface area contributed by atoms with E-state index >= 15 is 0 Å². The monoisotopic (exact) mass is 316 g/mol. The Morgan fingerprint density at radius 1 is 1.41 bits per heavy atom. The molecule has 0 radical (unpaired) electrons. The fourth-order valence-electron chi connectivity index (χ4n) is 3.12. The van der Waals surface area contributed by atoms with Crippen LogP contribution in [0.4, 0.5) is 5.13 Å². The molecular weight excluding hydrogens is 300 g/mol. The Morgan fingerprint density at radius 3 is 3.18 bits per heavy atom. The molecule has 1 atom stereocenters. The Bertz CT molecular complexity index is 749. The molecule has 0 bridgehead atoms. The first kappa shape index (κ1) is 13.6. The molecule has 0 aromatic carbocycles. The second-order valence-electron chi connectivity index (χ2n) is 5.83. The molecule has 7 heteroatoms. The van der Waals surface area contributed by atoms with Crippen molar-refractivity contribution in [1.29, 1.82) is 0 Å². The van der Waals surface area contributed by atoms with Gasteiger partial charge in [0, 0.05) is 37.2 Å². The summed E-state index contributed by atoms with van der Waals surface area (Å²) in [5.41, 5.74) is 1.94. The number of carbonyl (C=O) groups excluding carboxylic acids is 2. The molecule has 1 aliphatic carbocycles. The van der Waals surface area contributed by atoms with Crippen LogP contribution in [0.3, 0.4) is 0 Å². The molecule has 0 spiro atoms. The smallest absolute Gasteiger partial charge is 0.229 e. The highest BCUT2D eigenvalue weighted by Crippen LogP contribution is 2.30. The average molecular weight is 316 g/mol. The molecule has 6 nitrogen and oxygen atoms in total. The van der Waals surface area contributed by atoms with Crippen LogP contribution in [0.5, 0.6) is 0 Å². The highest BCUT2D eigenvalue weighted by molar-refractivity contribution is 7.17. The van der Waals surface area contributed by atoms with Gasteiger partial charge in [-0.05, 0) is 19.3 Å². The summed E-state index contributed by atoms with van der Waals surface area (Å²) < 4.78 is 2.09. The second-order valence-corrected chi connectivity index (χ2v) is 6.83. The van der Waals surface area contributed by atoms with Crippen LogP contribution >= 0.6 is 11.3 Å². The van der Waals surface area contributed by atoms with Crippen LogP contribution in [-0.2, 0) is 24.2 Å². The first-order valence-corrected chi connectivity index (χ1v) is 8.35. The van der Waals surface area contributed by atoms with Gasteiger partial charge in [0.05, 0.1) is 16.9 Å². The Balaban J connectivity index is 1.48. The fraction of sp³-hybridized carbons (Fsp3) is 0.467. The molecule has 2 aliphatic rings. The van der Waals surface area contributed by atoms with E-state index in [4.69, 9.17) is 0 Å². The molecule has 0 saturated carbocycles.